The van der Waals surface area contributed by atoms with Gasteiger partial charge in [-0.1, -0.05) is 90.4 Å². The van der Waals surface area contributed by atoms with E-state index in [9.17, 15) is 9.59 Å². The number of amides is 1. The molecule has 0 aliphatic rings. The van der Waals surface area contributed by atoms with Crippen molar-refractivity contribution in [2.45, 2.75) is 103 Å². The van der Waals surface area contributed by atoms with Gasteiger partial charge in [0.25, 0.3) is 0 Å². The van der Waals surface area contributed by atoms with Crippen LogP contribution in [0.1, 0.15) is 96.8 Å². The molecule has 0 aromatic carbocycles. The van der Waals surface area contributed by atoms with Crippen LogP contribution in [0.2, 0.25) is 0 Å². The highest BCUT2D eigenvalue weighted by Crippen LogP contribution is 2.12. The monoisotopic (exact) mass is 385 g/mol. The first-order chi connectivity index (χ1) is 13.1. The first kappa shape index (κ1) is 25.9. The van der Waals surface area contributed by atoms with E-state index in [0.717, 1.165) is 12.8 Å². The number of unbranched alkanes of at least 4 members (excludes halogenated alkanes) is 13. The summed E-state index contributed by atoms with van der Waals surface area (Å²) in [6.45, 7) is 2.58. The van der Waals surface area contributed by atoms with Crippen molar-refractivity contribution in [2.75, 3.05) is 19.7 Å². The summed E-state index contributed by atoms with van der Waals surface area (Å²) < 4.78 is 5.09. The summed E-state index contributed by atoms with van der Waals surface area (Å²) in [5, 5.41) is 2.42. The van der Waals surface area contributed by atoms with Crippen molar-refractivity contribution in [3.05, 3.63) is 0 Å². The minimum Gasteiger partial charge on any atom is -0.464 e. The van der Waals surface area contributed by atoms with E-state index >= 15 is 0 Å². The lowest BCUT2D eigenvalue weighted by Crippen LogP contribution is -2.46. The minimum absolute atomic E-state index is 0.0555. The Kier molecular flexibility index (Phi) is 18.8. The summed E-state index contributed by atoms with van der Waals surface area (Å²) in [6.07, 6.45) is 18.1. The van der Waals surface area contributed by atoms with Crippen molar-refractivity contribution in [3.63, 3.8) is 0 Å². The fourth-order valence-electron chi connectivity index (χ4n) is 2.93. The first-order valence-electron chi connectivity index (χ1n) is 11.0. The van der Waals surface area contributed by atoms with Crippen LogP contribution in [-0.2, 0) is 14.3 Å². The number of esters is 1. The van der Waals surface area contributed by atoms with E-state index < -0.39 is 17.9 Å². The van der Waals surface area contributed by atoms with E-state index in [0.29, 0.717) is 6.61 Å². The largest absolute Gasteiger partial charge is 0.464 e. The second-order valence-corrected chi connectivity index (χ2v) is 7.38. The van der Waals surface area contributed by atoms with Crippen molar-refractivity contribution in [1.29, 1.82) is 0 Å². The second kappa shape index (κ2) is 19.6. The lowest BCUT2D eigenvalue weighted by molar-refractivity contribution is -0.144. The van der Waals surface area contributed by atoms with Crippen molar-refractivity contribution in [2.24, 2.45) is 11.5 Å². The molecule has 160 valence electrons. The van der Waals surface area contributed by atoms with E-state index in [4.69, 9.17) is 16.2 Å². The molecule has 1 atom stereocenters. The third-order valence-electron chi connectivity index (χ3n) is 4.76. The summed E-state index contributed by atoms with van der Waals surface area (Å²) in [5.41, 5.74) is 10.7. The van der Waals surface area contributed by atoms with Gasteiger partial charge < -0.3 is 21.5 Å². The molecule has 0 rings (SSSR count). The van der Waals surface area contributed by atoms with Crippen LogP contribution in [0.15, 0.2) is 0 Å². The molecule has 0 aliphatic heterocycles. The molecule has 0 spiro atoms. The van der Waals surface area contributed by atoms with Gasteiger partial charge >= 0.3 is 5.97 Å². The number of nitrogens with two attached hydrogens (primary N) is 2. The maximum Gasteiger partial charge on any atom is 0.325 e. The SMILES string of the molecule is CCCCCCCCCCCCCCCCOC(=O)CNC(=O)[C@@H](N)CN. The zero-order chi connectivity index (χ0) is 20.2. The minimum atomic E-state index is -0.774. The standard InChI is InChI=1S/C21H43N3O3/c1-2-3-4-5-6-7-8-9-10-11-12-13-14-15-16-27-20(25)18-24-21(26)19(23)17-22/h19H,2-18,22-23H2,1H3,(H,24,26)/t19-/m0/s1. The summed E-state index contributed by atoms with van der Waals surface area (Å²) in [4.78, 5) is 22.9. The Morgan fingerprint density at radius 2 is 1.26 bits per heavy atom. The van der Waals surface area contributed by atoms with Crippen LogP contribution in [-0.4, -0.2) is 37.6 Å². The predicted molar refractivity (Wildman–Crippen MR) is 111 cm³/mol. The Hall–Kier alpha value is -1.14. The van der Waals surface area contributed by atoms with Crippen LogP contribution in [0.5, 0.6) is 0 Å². The average molecular weight is 386 g/mol. The van der Waals surface area contributed by atoms with Crippen LogP contribution in [0.3, 0.4) is 0 Å². The number of carbonyl (C=O) groups is 2. The number of rotatable bonds is 19. The highest BCUT2D eigenvalue weighted by Gasteiger charge is 2.12. The van der Waals surface area contributed by atoms with Gasteiger partial charge in [0.15, 0.2) is 0 Å². The van der Waals surface area contributed by atoms with Crippen LogP contribution < -0.4 is 16.8 Å². The van der Waals surface area contributed by atoms with Crippen molar-refractivity contribution in [1.82, 2.24) is 5.32 Å². The molecule has 0 unspecified atom stereocenters. The van der Waals surface area contributed by atoms with E-state index in [-0.39, 0.29) is 13.1 Å². The van der Waals surface area contributed by atoms with Crippen molar-refractivity contribution < 1.29 is 14.3 Å². The molecule has 1 amide bonds. The van der Waals surface area contributed by atoms with Crippen LogP contribution in [0.4, 0.5) is 0 Å². The van der Waals surface area contributed by atoms with Gasteiger partial charge in [-0.15, -0.1) is 0 Å². The third-order valence-corrected chi connectivity index (χ3v) is 4.76. The fourth-order valence-corrected chi connectivity index (χ4v) is 2.93. The molecule has 0 aromatic rings. The zero-order valence-electron chi connectivity index (χ0n) is 17.5. The molecule has 0 bridgehead atoms. The van der Waals surface area contributed by atoms with Gasteiger partial charge in [-0.2, -0.15) is 0 Å². The number of hydrogen-bond donors (Lipinski definition) is 3. The summed E-state index contributed by atoms with van der Waals surface area (Å²) in [6, 6.07) is -0.774. The third kappa shape index (κ3) is 18.0. The quantitative estimate of drug-likeness (QED) is 0.233. The van der Waals surface area contributed by atoms with Gasteiger partial charge in [0, 0.05) is 6.54 Å². The molecule has 0 fully saturated rings. The van der Waals surface area contributed by atoms with Crippen LogP contribution >= 0.6 is 0 Å². The summed E-state index contributed by atoms with van der Waals surface area (Å²) in [5.74, 6) is -0.854. The van der Waals surface area contributed by atoms with Crippen LogP contribution in [0, 0.1) is 0 Å². The van der Waals surface area contributed by atoms with Crippen molar-refractivity contribution in [3.8, 4) is 0 Å². The van der Waals surface area contributed by atoms with E-state index in [1.807, 2.05) is 0 Å². The molecule has 0 aliphatic carbocycles. The molecule has 0 heterocycles. The Morgan fingerprint density at radius 3 is 1.70 bits per heavy atom. The molecule has 5 N–H and O–H groups in total. The Labute approximate surface area is 166 Å². The number of carbonyl (C=O) groups excluding carboxylic acids is 2. The Bertz CT molecular complexity index is 365. The molecular weight excluding hydrogens is 342 g/mol. The van der Waals surface area contributed by atoms with E-state index in [2.05, 4.69) is 12.2 Å². The van der Waals surface area contributed by atoms with Gasteiger partial charge in [0.2, 0.25) is 5.91 Å². The highest BCUT2D eigenvalue weighted by molar-refractivity contribution is 5.85. The second-order valence-electron chi connectivity index (χ2n) is 7.38. The summed E-state index contributed by atoms with van der Waals surface area (Å²) in [7, 11) is 0. The fraction of sp³-hybridized carbons (Fsp3) is 0.905. The van der Waals surface area contributed by atoms with Gasteiger partial charge in [-0.05, 0) is 6.42 Å². The van der Waals surface area contributed by atoms with Crippen molar-refractivity contribution >= 4 is 11.9 Å². The molecule has 0 radical (unpaired) electrons. The maximum absolute atomic E-state index is 11.5. The molecule has 0 saturated heterocycles. The maximum atomic E-state index is 11.5. The Morgan fingerprint density at radius 1 is 0.815 bits per heavy atom. The molecule has 27 heavy (non-hydrogen) atoms. The highest BCUT2D eigenvalue weighted by atomic mass is 16.5. The normalized spacial score (nSPS) is 12.0. The molecule has 6 nitrogen and oxygen atoms in total. The molecule has 0 aromatic heterocycles. The molecule has 0 saturated carbocycles. The molecule has 6 heteroatoms. The van der Waals surface area contributed by atoms with E-state index in [1.54, 1.807) is 0 Å². The Balaban J connectivity index is 3.24. The topological polar surface area (TPSA) is 107 Å². The van der Waals surface area contributed by atoms with Crippen LogP contribution in [0.25, 0.3) is 0 Å². The lowest BCUT2D eigenvalue weighted by Gasteiger charge is -2.09. The van der Waals surface area contributed by atoms with Gasteiger partial charge in [0.05, 0.1) is 12.6 Å². The number of hydrogen-bond acceptors (Lipinski definition) is 5. The smallest absolute Gasteiger partial charge is 0.325 e. The van der Waals surface area contributed by atoms with E-state index in [1.165, 1.54) is 77.0 Å². The first-order valence-corrected chi connectivity index (χ1v) is 11.0. The lowest BCUT2D eigenvalue weighted by atomic mass is 10.0. The van der Waals surface area contributed by atoms with Gasteiger partial charge in [-0.25, -0.2) is 0 Å². The van der Waals surface area contributed by atoms with Gasteiger partial charge in [0.1, 0.15) is 6.54 Å². The summed E-state index contributed by atoms with van der Waals surface area (Å²) >= 11 is 0. The average Bonchev–Trinajstić information content (AvgIpc) is 2.68. The molecular formula is C21H43N3O3. The van der Waals surface area contributed by atoms with Gasteiger partial charge in [-0.3, -0.25) is 9.59 Å². The predicted octanol–water partition coefficient (Wildman–Crippen LogP) is 3.41. The number of nitrogens with one attached hydrogen (secondary N) is 1. The zero-order valence-corrected chi connectivity index (χ0v) is 17.5. The number of ether oxygens (including phenoxy) is 1.